The standard InChI is InChI=1S/C18H21N3O4.ClH/c19-11-4-12-20(13-15-5-2-1-3-6-15)18(22)14-25-17-9-7-16(8-10-17)21(23)24;/h1-3,5-10H,4,11-14,19H2;1H. The first-order valence-electron chi connectivity index (χ1n) is 7.99. The van der Waals surface area contributed by atoms with Crippen LogP contribution in [0.5, 0.6) is 5.75 Å². The molecule has 2 aromatic carbocycles. The molecule has 0 aliphatic rings. The Balaban J connectivity index is 0.00000338. The molecular formula is C18H22ClN3O4. The molecule has 2 aromatic rings. The van der Waals surface area contributed by atoms with Crippen LogP contribution in [0.2, 0.25) is 0 Å². The predicted octanol–water partition coefficient (Wildman–Crippen LogP) is 2.77. The zero-order valence-electron chi connectivity index (χ0n) is 14.2. The normalized spacial score (nSPS) is 9.88. The molecule has 8 heteroatoms. The molecular weight excluding hydrogens is 358 g/mol. The van der Waals surface area contributed by atoms with Crippen LogP contribution < -0.4 is 10.5 Å². The van der Waals surface area contributed by atoms with Crippen molar-refractivity contribution in [3.05, 3.63) is 70.3 Å². The van der Waals surface area contributed by atoms with Crippen LogP contribution in [-0.4, -0.2) is 35.4 Å². The highest BCUT2D eigenvalue weighted by atomic mass is 35.5. The number of ether oxygens (including phenoxy) is 1. The fourth-order valence-corrected chi connectivity index (χ4v) is 2.28. The van der Waals surface area contributed by atoms with Crippen molar-refractivity contribution in [3.63, 3.8) is 0 Å². The number of hydrogen-bond acceptors (Lipinski definition) is 5. The van der Waals surface area contributed by atoms with E-state index in [1.54, 1.807) is 4.90 Å². The predicted molar refractivity (Wildman–Crippen MR) is 101 cm³/mol. The van der Waals surface area contributed by atoms with E-state index < -0.39 is 4.92 Å². The first kappa shape index (κ1) is 21.4. The number of halogens is 1. The molecule has 0 saturated heterocycles. The zero-order chi connectivity index (χ0) is 18.1. The molecule has 0 aliphatic carbocycles. The van der Waals surface area contributed by atoms with Gasteiger partial charge in [0.1, 0.15) is 5.75 Å². The van der Waals surface area contributed by atoms with E-state index in [4.69, 9.17) is 10.5 Å². The second-order valence-corrected chi connectivity index (χ2v) is 5.48. The van der Waals surface area contributed by atoms with Gasteiger partial charge in [-0.15, -0.1) is 12.4 Å². The van der Waals surface area contributed by atoms with Gasteiger partial charge in [-0.25, -0.2) is 0 Å². The Bertz CT molecular complexity index is 695. The number of amides is 1. The fourth-order valence-electron chi connectivity index (χ4n) is 2.28. The largest absolute Gasteiger partial charge is 0.484 e. The Kier molecular flexibility index (Phi) is 9.11. The average molecular weight is 380 g/mol. The van der Waals surface area contributed by atoms with Gasteiger partial charge in [0.25, 0.3) is 11.6 Å². The number of nitrogens with two attached hydrogens (primary N) is 1. The number of carbonyl (C=O) groups excluding carboxylic acids is 1. The van der Waals surface area contributed by atoms with Crippen LogP contribution in [0.4, 0.5) is 5.69 Å². The molecule has 0 radical (unpaired) electrons. The van der Waals surface area contributed by atoms with Crippen molar-refractivity contribution in [3.8, 4) is 5.75 Å². The van der Waals surface area contributed by atoms with Crippen LogP contribution in [0.3, 0.4) is 0 Å². The van der Waals surface area contributed by atoms with Crippen LogP contribution >= 0.6 is 12.4 Å². The van der Waals surface area contributed by atoms with E-state index in [1.165, 1.54) is 24.3 Å². The molecule has 0 atom stereocenters. The summed E-state index contributed by atoms with van der Waals surface area (Å²) in [6, 6.07) is 15.3. The number of rotatable bonds is 9. The van der Waals surface area contributed by atoms with Crippen LogP contribution in [0.1, 0.15) is 12.0 Å². The third-order valence-corrected chi connectivity index (χ3v) is 3.61. The number of benzene rings is 2. The third-order valence-electron chi connectivity index (χ3n) is 3.61. The molecule has 0 aliphatic heterocycles. The van der Waals surface area contributed by atoms with E-state index in [0.29, 0.717) is 31.8 Å². The van der Waals surface area contributed by atoms with Gasteiger partial charge >= 0.3 is 0 Å². The third kappa shape index (κ3) is 6.70. The molecule has 0 aromatic heterocycles. The van der Waals surface area contributed by atoms with E-state index in [1.807, 2.05) is 30.3 Å². The minimum atomic E-state index is -0.483. The summed E-state index contributed by atoms with van der Waals surface area (Å²) in [5.41, 5.74) is 6.56. The highest BCUT2D eigenvalue weighted by Gasteiger charge is 2.15. The average Bonchev–Trinajstić information content (AvgIpc) is 2.64. The monoisotopic (exact) mass is 379 g/mol. The quantitative estimate of drug-likeness (QED) is 0.533. The minimum Gasteiger partial charge on any atom is -0.484 e. The Labute approximate surface area is 158 Å². The summed E-state index contributed by atoms with van der Waals surface area (Å²) in [5, 5.41) is 10.6. The van der Waals surface area contributed by atoms with E-state index in [0.717, 1.165) is 5.56 Å². The van der Waals surface area contributed by atoms with E-state index in [2.05, 4.69) is 0 Å². The lowest BCUT2D eigenvalue weighted by molar-refractivity contribution is -0.384. The summed E-state index contributed by atoms with van der Waals surface area (Å²) in [6.07, 6.45) is 0.704. The van der Waals surface area contributed by atoms with Crippen LogP contribution in [0.15, 0.2) is 54.6 Å². The number of non-ortho nitro benzene ring substituents is 1. The van der Waals surface area contributed by atoms with E-state index in [-0.39, 0.29) is 30.6 Å². The highest BCUT2D eigenvalue weighted by molar-refractivity contribution is 5.85. The zero-order valence-corrected chi connectivity index (χ0v) is 15.1. The molecule has 0 bridgehead atoms. The van der Waals surface area contributed by atoms with Gasteiger partial charge in [-0.3, -0.25) is 14.9 Å². The molecule has 0 unspecified atom stereocenters. The van der Waals surface area contributed by atoms with Crippen molar-refractivity contribution in [2.24, 2.45) is 5.73 Å². The Hall–Kier alpha value is -2.64. The molecule has 7 nitrogen and oxygen atoms in total. The lowest BCUT2D eigenvalue weighted by atomic mass is 10.2. The second-order valence-electron chi connectivity index (χ2n) is 5.48. The lowest BCUT2D eigenvalue weighted by Gasteiger charge is -2.22. The van der Waals surface area contributed by atoms with Gasteiger partial charge in [-0.2, -0.15) is 0 Å². The number of nitrogens with zero attached hydrogens (tertiary/aromatic N) is 2. The summed E-state index contributed by atoms with van der Waals surface area (Å²) in [7, 11) is 0. The maximum absolute atomic E-state index is 12.5. The van der Waals surface area contributed by atoms with Crippen molar-refractivity contribution >= 4 is 24.0 Å². The van der Waals surface area contributed by atoms with Gasteiger partial charge in [0, 0.05) is 25.2 Å². The number of hydrogen-bond donors (Lipinski definition) is 1. The molecule has 2 rings (SSSR count). The summed E-state index contributed by atoms with van der Waals surface area (Å²) in [4.78, 5) is 24.3. The van der Waals surface area contributed by atoms with Gasteiger partial charge in [-0.1, -0.05) is 30.3 Å². The summed E-state index contributed by atoms with van der Waals surface area (Å²) in [5.74, 6) is 0.257. The molecule has 26 heavy (non-hydrogen) atoms. The molecule has 0 fully saturated rings. The first-order valence-corrected chi connectivity index (χ1v) is 7.99. The second kappa shape index (κ2) is 11.1. The van der Waals surface area contributed by atoms with E-state index in [9.17, 15) is 14.9 Å². The van der Waals surface area contributed by atoms with Gasteiger partial charge < -0.3 is 15.4 Å². The lowest BCUT2D eigenvalue weighted by Crippen LogP contribution is -2.36. The Morgan fingerprint density at radius 1 is 1.12 bits per heavy atom. The van der Waals surface area contributed by atoms with Gasteiger partial charge in [0.05, 0.1) is 4.92 Å². The first-order chi connectivity index (χ1) is 12.1. The van der Waals surface area contributed by atoms with Gasteiger partial charge in [0.2, 0.25) is 0 Å². The molecule has 1 amide bonds. The summed E-state index contributed by atoms with van der Waals surface area (Å²) >= 11 is 0. The van der Waals surface area contributed by atoms with Crippen molar-refractivity contribution < 1.29 is 14.5 Å². The molecule has 0 heterocycles. The maximum Gasteiger partial charge on any atom is 0.269 e. The molecule has 0 saturated carbocycles. The number of nitro benzene ring substituents is 1. The number of carbonyl (C=O) groups is 1. The molecule has 140 valence electrons. The van der Waals surface area contributed by atoms with Crippen molar-refractivity contribution in [1.82, 2.24) is 4.90 Å². The SMILES string of the molecule is Cl.NCCCN(Cc1ccccc1)C(=O)COc1ccc([N+](=O)[O-])cc1. The number of nitro groups is 1. The smallest absolute Gasteiger partial charge is 0.269 e. The summed E-state index contributed by atoms with van der Waals surface area (Å²) in [6.45, 7) is 1.41. The minimum absolute atomic E-state index is 0. The topological polar surface area (TPSA) is 98.7 Å². The van der Waals surface area contributed by atoms with Gasteiger partial charge in [0.15, 0.2) is 6.61 Å². The van der Waals surface area contributed by atoms with Crippen molar-refractivity contribution in [2.45, 2.75) is 13.0 Å². The van der Waals surface area contributed by atoms with Crippen molar-refractivity contribution in [2.75, 3.05) is 19.7 Å². The Morgan fingerprint density at radius 2 is 1.77 bits per heavy atom. The van der Waals surface area contributed by atoms with Crippen LogP contribution in [-0.2, 0) is 11.3 Å². The summed E-state index contributed by atoms with van der Waals surface area (Å²) < 4.78 is 5.46. The van der Waals surface area contributed by atoms with Crippen LogP contribution in [0.25, 0.3) is 0 Å². The van der Waals surface area contributed by atoms with E-state index >= 15 is 0 Å². The molecule has 2 N–H and O–H groups in total. The van der Waals surface area contributed by atoms with Crippen LogP contribution in [0, 0.1) is 10.1 Å². The molecule has 0 spiro atoms. The fraction of sp³-hybridized carbons (Fsp3) is 0.278. The maximum atomic E-state index is 12.5. The van der Waals surface area contributed by atoms with Crippen molar-refractivity contribution in [1.29, 1.82) is 0 Å². The van der Waals surface area contributed by atoms with Gasteiger partial charge in [-0.05, 0) is 30.7 Å². The highest BCUT2D eigenvalue weighted by Crippen LogP contribution is 2.17. The Morgan fingerprint density at radius 3 is 2.35 bits per heavy atom.